The third-order valence-corrected chi connectivity index (χ3v) is 4.03. The summed E-state index contributed by atoms with van der Waals surface area (Å²) in [5.41, 5.74) is 1.87. The molecule has 3 rings (SSSR count). The van der Waals surface area contributed by atoms with Crippen molar-refractivity contribution in [2.45, 2.75) is 31.5 Å². The van der Waals surface area contributed by atoms with Crippen LogP contribution in [0.2, 0.25) is 0 Å². The van der Waals surface area contributed by atoms with Crippen LogP contribution in [-0.2, 0) is 17.9 Å². The van der Waals surface area contributed by atoms with Crippen LogP contribution in [0.5, 0.6) is 5.75 Å². The number of nitrogens with one attached hydrogen (secondary N) is 2. The lowest BCUT2D eigenvalue weighted by atomic mass is 10.1. The Morgan fingerprint density at radius 3 is 2.58 bits per heavy atom. The highest BCUT2D eigenvalue weighted by Crippen LogP contribution is 2.25. The minimum Gasteiger partial charge on any atom is -0.489 e. The Morgan fingerprint density at radius 2 is 1.88 bits per heavy atom. The highest BCUT2D eigenvalue weighted by Gasteiger charge is 2.42. The average Bonchev–Trinajstić information content (AvgIpc) is 2.99. The molecule has 0 aliphatic carbocycles. The summed E-state index contributed by atoms with van der Waals surface area (Å²) < 4.78 is 32.0. The van der Waals surface area contributed by atoms with E-state index in [0.29, 0.717) is 13.2 Å². The molecule has 140 valence electrons. The fraction of sp³-hybridized carbons (Fsp3) is 0.316. The maximum Gasteiger partial charge on any atom is 0.262 e. The molecule has 2 N–H and O–H groups in total. The second kappa shape index (κ2) is 8.96. The molecule has 1 unspecified atom stereocenters. The Hall–Kier alpha value is -2.18. The van der Waals surface area contributed by atoms with E-state index < -0.39 is 30.8 Å². The van der Waals surface area contributed by atoms with Crippen molar-refractivity contribution in [2.75, 3.05) is 6.54 Å². The molecule has 26 heavy (non-hydrogen) atoms. The van der Waals surface area contributed by atoms with Gasteiger partial charge >= 0.3 is 0 Å². The number of carbonyl (C=O) groups excluding carboxylic acids is 1. The molecule has 0 saturated carbocycles. The maximum atomic E-state index is 13.1. The first-order chi connectivity index (χ1) is 12.0. The molecule has 1 aliphatic rings. The van der Waals surface area contributed by atoms with Crippen LogP contribution in [-0.4, -0.2) is 24.4 Å². The Labute approximate surface area is 157 Å². The van der Waals surface area contributed by atoms with Gasteiger partial charge in [-0.05, 0) is 23.3 Å². The quantitative estimate of drug-likeness (QED) is 0.806. The van der Waals surface area contributed by atoms with E-state index in [1.54, 1.807) is 0 Å². The fourth-order valence-electron chi connectivity index (χ4n) is 2.73. The highest BCUT2D eigenvalue weighted by atomic mass is 35.5. The van der Waals surface area contributed by atoms with Crippen LogP contribution in [0.4, 0.5) is 8.78 Å². The Kier molecular flexibility index (Phi) is 6.94. The van der Waals surface area contributed by atoms with E-state index in [2.05, 4.69) is 10.6 Å². The topological polar surface area (TPSA) is 50.4 Å². The zero-order chi connectivity index (χ0) is 17.7. The Bertz CT molecular complexity index is 728. The molecule has 2 aromatic carbocycles. The van der Waals surface area contributed by atoms with E-state index in [9.17, 15) is 13.6 Å². The van der Waals surface area contributed by atoms with Crippen molar-refractivity contribution in [3.05, 3.63) is 65.7 Å². The normalized spacial score (nSPS) is 18.0. The van der Waals surface area contributed by atoms with E-state index in [4.69, 9.17) is 4.74 Å². The van der Waals surface area contributed by atoms with Crippen molar-refractivity contribution in [1.82, 2.24) is 10.6 Å². The summed E-state index contributed by atoms with van der Waals surface area (Å²) in [5, 5.41) is 5.25. The van der Waals surface area contributed by atoms with Gasteiger partial charge in [-0.25, -0.2) is 8.78 Å². The first-order valence-corrected chi connectivity index (χ1v) is 8.16. The molecule has 1 fully saturated rings. The van der Waals surface area contributed by atoms with Gasteiger partial charge < -0.3 is 10.1 Å². The molecule has 1 heterocycles. The number of ether oxygens (including phenoxy) is 1. The van der Waals surface area contributed by atoms with Crippen molar-refractivity contribution in [1.29, 1.82) is 0 Å². The minimum atomic E-state index is -2.81. The van der Waals surface area contributed by atoms with Crippen LogP contribution >= 0.6 is 12.4 Å². The van der Waals surface area contributed by atoms with Crippen molar-refractivity contribution < 1.29 is 18.3 Å². The smallest absolute Gasteiger partial charge is 0.262 e. The number of para-hydroxylation sites is 1. The summed E-state index contributed by atoms with van der Waals surface area (Å²) in [7, 11) is 0. The SMILES string of the molecule is Cl.O=C(NCc1cccc(COc2ccccc2)c1)C1CC(F)(F)CN1. The largest absolute Gasteiger partial charge is 0.489 e. The van der Waals surface area contributed by atoms with Crippen LogP contribution in [0.15, 0.2) is 54.6 Å². The number of hydrogen-bond acceptors (Lipinski definition) is 3. The molecule has 1 saturated heterocycles. The second-order valence-electron chi connectivity index (χ2n) is 6.13. The molecule has 0 spiro atoms. The van der Waals surface area contributed by atoms with E-state index in [-0.39, 0.29) is 12.4 Å². The van der Waals surface area contributed by atoms with E-state index in [1.807, 2.05) is 54.6 Å². The second-order valence-corrected chi connectivity index (χ2v) is 6.13. The summed E-state index contributed by atoms with van der Waals surface area (Å²) >= 11 is 0. The molecular weight excluding hydrogens is 362 g/mol. The summed E-state index contributed by atoms with van der Waals surface area (Å²) in [6.07, 6.45) is -0.455. The third kappa shape index (κ3) is 5.68. The number of rotatable bonds is 6. The molecule has 2 aromatic rings. The zero-order valence-corrected chi connectivity index (χ0v) is 14.9. The van der Waals surface area contributed by atoms with Crippen LogP contribution in [0, 0.1) is 0 Å². The van der Waals surface area contributed by atoms with Gasteiger partial charge in [-0.15, -0.1) is 12.4 Å². The van der Waals surface area contributed by atoms with Gasteiger partial charge in [-0.1, -0.05) is 42.5 Å². The van der Waals surface area contributed by atoms with Crippen LogP contribution in [0.1, 0.15) is 17.5 Å². The molecule has 0 aromatic heterocycles. The highest BCUT2D eigenvalue weighted by molar-refractivity contribution is 5.85. The molecule has 7 heteroatoms. The first-order valence-electron chi connectivity index (χ1n) is 8.16. The fourth-order valence-corrected chi connectivity index (χ4v) is 2.73. The van der Waals surface area contributed by atoms with Gasteiger partial charge in [0.2, 0.25) is 5.91 Å². The molecule has 1 atom stereocenters. The van der Waals surface area contributed by atoms with E-state index in [0.717, 1.165) is 16.9 Å². The Balaban J connectivity index is 0.00000243. The van der Waals surface area contributed by atoms with Gasteiger partial charge in [0, 0.05) is 13.0 Å². The molecule has 0 bridgehead atoms. The molecule has 1 aliphatic heterocycles. The zero-order valence-electron chi connectivity index (χ0n) is 14.1. The first kappa shape index (κ1) is 20.1. The molecule has 4 nitrogen and oxygen atoms in total. The Morgan fingerprint density at radius 1 is 1.15 bits per heavy atom. The average molecular weight is 383 g/mol. The number of amides is 1. The molecule has 0 radical (unpaired) electrons. The van der Waals surface area contributed by atoms with E-state index >= 15 is 0 Å². The van der Waals surface area contributed by atoms with Crippen molar-refractivity contribution in [3.8, 4) is 5.75 Å². The van der Waals surface area contributed by atoms with Gasteiger partial charge in [-0.3, -0.25) is 10.1 Å². The lowest BCUT2D eigenvalue weighted by Gasteiger charge is -2.12. The van der Waals surface area contributed by atoms with Crippen LogP contribution in [0.25, 0.3) is 0 Å². The van der Waals surface area contributed by atoms with Crippen LogP contribution in [0.3, 0.4) is 0 Å². The number of hydrogen-bond donors (Lipinski definition) is 2. The van der Waals surface area contributed by atoms with Crippen molar-refractivity contribution in [2.24, 2.45) is 0 Å². The summed E-state index contributed by atoms with van der Waals surface area (Å²) in [6.45, 7) is 0.265. The van der Waals surface area contributed by atoms with Gasteiger partial charge in [0.25, 0.3) is 5.92 Å². The van der Waals surface area contributed by atoms with Crippen LogP contribution < -0.4 is 15.4 Å². The van der Waals surface area contributed by atoms with Gasteiger partial charge in [-0.2, -0.15) is 0 Å². The lowest BCUT2D eigenvalue weighted by molar-refractivity contribution is -0.123. The van der Waals surface area contributed by atoms with E-state index in [1.165, 1.54) is 0 Å². The summed E-state index contributed by atoms with van der Waals surface area (Å²) in [5.74, 6) is -2.42. The molecule has 1 amide bonds. The maximum absolute atomic E-state index is 13.1. The number of carbonyl (C=O) groups is 1. The molecular formula is C19H21ClF2N2O2. The number of halogens is 3. The predicted molar refractivity (Wildman–Crippen MR) is 97.7 cm³/mol. The number of benzene rings is 2. The lowest BCUT2D eigenvalue weighted by Crippen LogP contribution is -2.40. The third-order valence-electron chi connectivity index (χ3n) is 4.03. The summed E-state index contributed by atoms with van der Waals surface area (Å²) in [6, 6.07) is 16.3. The predicted octanol–water partition coefficient (Wildman–Crippen LogP) is 3.30. The van der Waals surface area contributed by atoms with Crippen molar-refractivity contribution >= 4 is 18.3 Å². The minimum absolute atomic E-state index is 0. The van der Waals surface area contributed by atoms with Crippen molar-refractivity contribution in [3.63, 3.8) is 0 Å². The van der Waals surface area contributed by atoms with Gasteiger partial charge in [0.1, 0.15) is 12.4 Å². The van der Waals surface area contributed by atoms with Gasteiger partial charge in [0.15, 0.2) is 0 Å². The summed E-state index contributed by atoms with van der Waals surface area (Å²) in [4.78, 5) is 12.0. The number of alkyl halides is 2. The standard InChI is InChI=1S/C19H20F2N2O2.ClH/c20-19(21)10-17(23-13-19)18(24)22-11-14-5-4-6-15(9-14)12-25-16-7-2-1-3-8-16;/h1-9,17,23H,10-13H2,(H,22,24);1H. The monoisotopic (exact) mass is 382 g/mol. The van der Waals surface area contributed by atoms with Gasteiger partial charge in [0.05, 0.1) is 12.6 Å².